The molecule has 0 aliphatic carbocycles. The molecule has 19 heteroatoms. The van der Waals surface area contributed by atoms with Crippen molar-refractivity contribution in [1.82, 2.24) is 0 Å². The van der Waals surface area contributed by atoms with Gasteiger partial charge in [-0.05, 0) is 31.6 Å². The van der Waals surface area contributed by atoms with Gasteiger partial charge >= 0.3 is 39.5 Å². The van der Waals surface area contributed by atoms with Crippen LogP contribution in [0.2, 0.25) is 0 Å². The Morgan fingerprint density at radius 3 is 0.731 bits per heavy atom. The maximum Gasteiger partial charge on any atom is 0.472 e. The molecule has 0 heterocycles. The van der Waals surface area contributed by atoms with Crippen molar-refractivity contribution < 1.29 is 80.2 Å². The summed E-state index contributed by atoms with van der Waals surface area (Å²) < 4.78 is 68.4. The highest BCUT2D eigenvalue weighted by Crippen LogP contribution is 2.45. The quantitative estimate of drug-likeness (QED) is 0.0222. The maximum atomic E-state index is 13.1. The highest BCUT2D eigenvalue weighted by Gasteiger charge is 2.30. The van der Waals surface area contributed by atoms with Gasteiger partial charge < -0.3 is 33.8 Å². The number of hydrogen-bond acceptors (Lipinski definition) is 15. The molecule has 0 saturated carbocycles. The number of carbonyl (C=O) groups excluding carboxylic acids is 4. The molecule has 0 saturated heterocycles. The number of carbonyl (C=O) groups is 4. The minimum atomic E-state index is -4.95. The molecule has 2 unspecified atom stereocenters. The second kappa shape index (κ2) is 67.3. The van der Waals surface area contributed by atoms with Crippen LogP contribution in [0, 0.1) is 5.92 Å². The number of esters is 4. The summed E-state index contributed by atoms with van der Waals surface area (Å²) in [6, 6.07) is 0. The van der Waals surface area contributed by atoms with E-state index in [0.29, 0.717) is 25.7 Å². The van der Waals surface area contributed by atoms with Crippen molar-refractivity contribution in [3.05, 3.63) is 0 Å². The highest BCUT2D eigenvalue weighted by molar-refractivity contribution is 7.47. The Morgan fingerprint density at radius 2 is 0.495 bits per heavy atom. The summed E-state index contributed by atoms with van der Waals surface area (Å²) in [6.07, 6.45) is 55.3. The molecular formula is C74H144O17P2. The summed E-state index contributed by atoms with van der Waals surface area (Å²) in [6.45, 7) is 7.30. The molecule has 552 valence electrons. The van der Waals surface area contributed by atoms with Crippen LogP contribution in [0.4, 0.5) is 0 Å². The Labute approximate surface area is 568 Å². The Hall–Kier alpha value is -1.94. The van der Waals surface area contributed by atoms with Gasteiger partial charge in [0, 0.05) is 25.7 Å². The van der Waals surface area contributed by atoms with Crippen LogP contribution in [-0.2, 0) is 65.4 Å². The van der Waals surface area contributed by atoms with E-state index in [0.717, 1.165) is 95.8 Å². The highest BCUT2D eigenvalue weighted by atomic mass is 31.2. The third-order valence-electron chi connectivity index (χ3n) is 17.3. The largest absolute Gasteiger partial charge is 0.472 e. The zero-order chi connectivity index (χ0) is 68.4. The lowest BCUT2D eigenvalue weighted by Crippen LogP contribution is -2.30. The first-order valence-electron chi connectivity index (χ1n) is 38.6. The van der Waals surface area contributed by atoms with Crippen molar-refractivity contribution in [1.29, 1.82) is 0 Å². The van der Waals surface area contributed by atoms with E-state index in [9.17, 15) is 43.2 Å². The van der Waals surface area contributed by atoms with Gasteiger partial charge in [0.2, 0.25) is 0 Å². The molecule has 0 aromatic rings. The maximum absolute atomic E-state index is 13.1. The average molecular weight is 1370 g/mol. The van der Waals surface area contributed by atoms with E-state index in [-0.39, 0.29) is 25.7 Å². The zero-order valence-corrected chi connectivity index (χ0v) is 62.2. The molecule has 0 aromatic carbocycles. The fourth-order valence-corrected chi connectivity index (χ4v) is 12.9. The molecular weight excluding hydrogens is 1220 g/mol. The molecule has 0 fully saturated rings. The first kappa shape index (κ1) is 91.1. The fourth-order valence-electron chi connectivity index (χ4n) is 11.4. The van der Waals surface area contributed by atoms with E-state index >= 15 is 0 Å². The van der Waals surface area contributed by atoms with E-state index in [1.54, 1.807) is 0 Å². The molecule has 0 aliphatic heterocycles. The van der Waals surface area contributed by atoms with Crippen molar-refractivity contribution in [3.63, 3.8) is 0 Å². The Morgan fingerprint density at radius 1 is 0.290 bits per heavy atom. The smallest absolute Gasteiger partial charge is 0.462 e. The van der Waals surface area contributed by atoms with Crippen molar-refractivity contribution in [2.45, 2.75) is 406 Å². The lowest BCUT2D eigenvalue weighted by molar-refractivity contribution is -0.161. The van der Waals surface area contributed by atoms with Crippen LogP contribution in [0.15, 0.2) is 0 Å². The predicted octanol–water partition coefficient (Wildman–Crippen LogP) is 21.7. The van der Waals surface area contributed by atoms with E-state index < -0.39 is 97.5 Å². The molecule has 0 aromatic heterocycles. The van der Waals surface area contributed by atoms with Crippen molar-refractivity contribution >= 4 is 39.5 Å². The molecule has 0 aliphatic rings. The predicted molar refractivity (Wildman–Crippen MR) is 377 cm³/mol. The number of ether oxygens (including phenoxy) is 4. The van der Waals surface area contributed by atoms with Crippen LogP contribution < -0.4 is 0 Å². The van der Waals surface area contributed by atoms with Gasteiger partial charge in [0.05, 0.1) is 26.4 Å². The van der Waals surface area contributed by atoms with Crippen molar-refractivity contribution in [3.8, 4) is 0 Å². The summed E-state index contributed by atoms with van der Waals surface area (Å²) in [7, 11) is -9.90. The lowest BCUT2D eigenvalue weighted by atomic mass is 10.0. The number of rotatable bonds is 74. The minimum absolute atomic E-state index is 0.107. The van der Waals surface area contributed by atoms with E-state index in [1.165, 1.54) is 212 Å². The molecule has 0 bridgehead atoms. The SMILES string of the molecule is CCCCCCCCCCCCCCCC(=O)OC[C@H](COP(=O)(O)OC[C@@H](O)COP(=O)(O)OC[C@@H](COC(=O)CCCCCCCCCCCCC)OC(=O)CCCCCCCCCCCCC)OC(=O)CCCCCCCCCCCCCCCCCC(C)C. The normalized spacial score (nSPS) is 14.0. The first-order chi connectivity index (χ1) is 45.0. The molecule has 5 atom stereocenters. The lowest BCUT2D eigenvalue weighted by Gasteiger charge is -2.21. The van der Waals surface area contributed by atoms with Gasteiger partial charge in [-0.2, -0.15) is 0 Å². The number of phosphoric ester groups is 2. The third kappa shape index (κ3) is 68.4. The second-order valence-corrected chi connectivity index (χ2v) is 30.1. The number of unbranched alkanes of at least 4 members (excludes halogenated alkanes) is 46. The summed E-state index contributed by atoms with van der Waals surface area (Å²) in [5.74, 6) is -1.31. The van der Waals surface area contributed by atoms with Gasteiger partial charge in [-0.3, -0.25) is 37.3 Å². The minimum Gasteiger partial charge on any atom is -0.462 e. The number of aliphatic hydroxyl groups excluding tert-OH is 1. The van der Waals surface area contributed by atoms with Gasteiger partial charge in [-0.1, -0.05) is 336 Å². The van der Waals surface area contributed by atoms with E-state index in [4.69, 9.17) is 37.0 Å². The number of aliphatic hydroxyl groups is 1. The van der Waals surface area contributed by atoms with Gasteiger partial charge in [0.25, 0.3) is 0 Å². The summed E-state index contributed by atoms with van der Waals surface area (Å²) >= 11 is 0. The monoisotopic (exact) mass is 1370 g/mol. The summed E-state index contributed by atoms with van der Waals surface area (Å²) in [4.78, 5) is 72.7. The standard InChI is InChI=1S/C74H144O17P2/c1-6-9-12-15-18-21-24-28-34-38-43-48-53-58-72(77)85-64-70(91-74(79)60-55-50-45-40-35-30-27-25-26-29-33-36-41-46-51-56-67(4)5)66-89-93(82,83)87-62-68(75)61-86-92(80,81)88-65-69(90-73(78)59-54-49-44-39-32-23-20-17-14-11-8-3)63-84-71(76)57-52-47-42-37-31-22-19-16-13-10-7-2/h67-70,75H,6-66H2,1-5H3,(H,80,81)(H,82,83)/t68-,69+,70+/m0/s1. The van der Waals surface area contributed by atoms with Gasteiger partial charge in [-0.25, -0.2) is 9.13 Å². The first-order valence-corrected chi connectivity index (χ1v) is 41.6. The van der Waals surface area contributed by atoms with E-state index in [2.05, 4.69) is 34.6 Å². The van der Waals surface area contributed by atoms with Crippen LogP contribution >= 0.6 is 15.6 Å². The molecule has 0 rings (SSSR count). The van der Waals surface area contributed by atoms with Crippen molar-refractivity contribution in [2.24, 2.45) is 5.92 Å². The molecule has 0 amide bonds. The third-order valence-corrected chi connectivity index (χ3v) is 19.2. The topological polar surface area (TPSA) is 237 Å². The van der Waals surface area contributed by atoms with Gasteiger partial charge in [0.1, 0.15) is 19.3 Å². The molecule has 0 radical (unpaired) electrons. The molecule has 17 nitrogen and oxygen atoms in total. The fraction of sp³-hybridized carbons (Fsp3) is 0.946. The Bertz CT molecular complexity index is 1790. The molecule has 0 spiro atoms. The van der Waals surface area contributed by atoms with Crippen LogP contribution in [0.5, 0.6) is 0 Å². The summed E-state index contributed by atoms with van der Waals surface area (Å²) in [5.41, 5.74) is 0. The average Bonchev–Trinajstić information content (AvgIpc) is 2.34. The summed E-state index contributed by atoms with van der Waals surface area (Å²) in [5, 5.41) is 10.6. The molecule has 93 heavy (non-hydrogen) atoms. The Balaban J connectivity index is 5.23. The zero-order valence-electron chi connectivity index (χ0n) is 60.4. The van der Waals surface area contributed by atoms with Gasteiger partial charge in [-0.15, -0.1) is 0 Å². The van der Waals surface area contributed by atoms with Crippen molar-refractivity contribution in [2.75, 3.05) is 39.6 Å². The van der Waals surface area contributed by atoms with Crippen LogP contribution in [0.25, 0.3) is 0 Å². The molecule has 3 N–H and O–H groups in total. The van der Waals surface area contributed by atoms with Crippen LogP contribution in [0.1, 0.15) is 388 Å². The van der Waals surface area contributed by atoms with E-state index in [1.807, 2.05) is 0 Å². The number of hydrogen-bond donors (Lipinski definition) is 3. The van der Waals surface area contributed by atoms with Crippen LogP contribution in [-0.4, -0.2) is 96.7 Å². The second-order valence-electron chi connectivity index (χ2n) is 27.2. The number of phosphoric acid groups is 2. The van der Waals surface area contributed by atoms with Gasteiger partial charge in [0.15, 0.2) is 12.2 Å². The Kier molecular flexibility index (Phi) is 65.9. The van der Waals surface area contributed by atoms with Crippen LogP contribution in [0.3, 0.4) is 0 Å².